The average molecular weight is 455 g/mol. The maximum absolute atomic E-state index is 13.2. The second-order valence-electron chi connectivity index (χ2n) is 8.89. The van der Waals surface area contributed by atoms with E-state index in [9.17, 15) is 14.3 Å². The van der Waals surface area contributed by atoms with Crippen molar-refractivity contribution in [2.24, 2.45) is 11.3 Å². The molecule has 168 valence electrons. The number of amides is 1. The van der Waals surface area contributed by atoms with Crippen molar-refractivity contribution in [1.29, 1.82) is 0 Å². The summed E-state index contributed by atoms with van der Waals surface area (Å²) in [4.78, 5) is 12.0. The predicted octanol–water partition coefficient (Wildman–Crippen LogP) is 5.76. The molecular weight excluding hydrogens is 427 g/mol. The highest BCUT2D eigenvalue weighted by Gasteiger charge is 2.44. The first kappa shape index (κ1) is 22.6. The SMILES string of the molecule is C[C@]12CC=C(Nc3ccc(F)cc3)C=C1CC[C@@H]2CC(NC(=O)CO)c1cccc(Cl)c1. The summed E-state index contributed by atoms with van der Waals surface area (Å²) in [5, 5.41) is 16.2. The highest BCUT2D eigenvalue weighted by atomic mass is 35.5. The van der Waals surface area contributed by atoms with Crippen LogP contribution in [-0.2, 0) is 4.79 Å². The standard InChI is InChI=1S/C26H28ClFN2O2/c1-26-12-11-23(29-22-9-7-21(28)8-10-22)14-18(26)5-6-19(26)15-24(30-25(32)16-31)17-3-2-4-20(27)13-17/h2-4,7-11,13-14,19,24,29,31H,5-6,12,15-16H2,1H3,(H,30,32)/t19-,24?,26+/m1/s1. The number of hydrogen-bond donors (Lipinski definition) is 3. The van der Waals surface area contributed by atoms with Crippen molar-refractivity contribution in [2.75, 3.05) is 11.9 Å². The van der Waals surface area contributed by atoms with Crippen LogP contribution in [0.2, 0.25) is 5.02 Å². The molecule has 0 radical (unpaired) electrons. The van der Waals surface area contributed by atoms with Crippen molar-refractivity contribution < 1.29 is 14.3 Å². The Morgan fingerprint density at radius 2 is 2.06 bits per heavy atom. The normalized spacial score (nSPS) is 23.1. The van der Waals surface area contributed by atoms with E-state index in [1.54, 1.807) is 12.1 Å². The lowest BCUT2D eigenvalue weighted by Crippen LogP contribution is -2.34. The summed E-state index contributed by atoms with van der Waals surface area (Å²) in [5.74, 6) is -0.260. The third-order valence-electron chi connectivity index (χ3n) is 6.86. The number of aliphatic hydroxyl groups is 1. The maximum Gasteiger partial charge on any atom is 0.246 e. The van der Waals surface area contributed by atoms with E-state index in [1.165, 1.54) is 17.7 Å². The van der Waals surface area contributed by atoms with Gasteiger partial charge in [-0.3, -0.25) is 4.79 Å². The molecule has 0 aliphatic heterocycles. The Balaban J connectivity index is 1.50. The first-order valence-electron chi connectivity index (χ1n) is 11.0. The van der Waals surface area contributed by atoms with Gasteiger partial charge in [-0.25, -0.2) is 4.39 Å². The van der Waals surface area contributed by atoms with Gasteiger partial charge in [0.05, 0.1) is 6.04 Å². The minimum atomic E-state index is -0.536. The van der Waals surface area contributed by atoms with Gasteiger partial charge in [-0.15, -0.1) is 0 Å². The molecule has 3 atom stereocenters. The fourth-order valence-electron chi connectivity index (χ4n) is 4.99. The molecule has 1 unspecified atom stereocenters. The molecule has 32 heavy (non-hydrogen) atoms. The molecule has 2 aromatic rings. The molecule has 0 spiro atoms. The number of anilines is 1. The van der Waals surface area contributed by atoms with Gasteiger partial charge in [0.25, 0.3) is 0 Å². The Hall–Kier alpha value is -2.63. The third kappa shape index (κ3) is 4.89. The predicted molar refractivity (Wildman–Crippen MR) is 126 cm³/mol. The zero-order valence-electron chi connectivity index (χ0n) is 18.1. The number of halogens is 2. The molecule has 0 saturated heterocycles. The van der Waals surface area contributed by atoms with E-state index in [4.69, 9.17) is 11.6 Å². The largest absolute Gasteiger partial charge is 0.387 e. The van der Waals surface area contributed by atoms with Crippen LogP contribution in [0.15, 0.2) is 72.0 Å². The van der Waals surface area contributed by atoms with Crippen molar-refractivity contribution in [2.45, 2.75) is 38.6 Å². The molecule has 0 bridgehead atoms. The monoisotopic (exact) mass is 454 g/mol. The van der Waals surface area contributed by atoms with Crippen molar-refractivity contribution in [3.63, 3.8) is 0 Å². The number of aliphatic hydroxyl groups excluding tert-OH is 1. The van der Waals surface area contributed by atoms with E-state index < -0.39 is 6.61 Å². The Morgan fingerprint density at radius 1 is 1.28 bits per heavy atom. The number of benzene rings is 2. The number of allylic oxidation sites excluding steroid dienone is 3. The molecule has 6 heteroatoms. The molecule has 1 fully saturated rings. The Morgan fingerprint density at radius 3 is 2.78 bits per heavy atom. The van der Waals surface area contributed by atoms with Crippen LogP contribution >= 0.6 is 11.6 Å². The number of hydrogen-bond acceptors (Lipinski definition) is 3. The molecular formula is C26H28ClFN2O2. The number of carbonyl (C=O) groups excluding carboxylic acids is 1. The second kappa shape index (κ2) is 9.47. The average Bonchev–Trinajstić information content (AvgIpc) is 3.10. The second-order valence-corrected chi connectivity index (χ2v) is 9.32. The molecule has 0 aromatic heterocycles. The van der Waals surface area contributed by atoms with Crippen LogP contribution in [0.3, 0.4) is 0 Å². The van der Waals surface area contributed by atoms with Gasteiger partial charge in [-0.2, -0.15) is 0 Å². The summed E-state index contributed by atoms with van der Waals surface area (Å²) in [7, 11) is 0. The minimum Gasteiger partial charge on any atom is -0.387 e. The summed E-state index contributed by atoms with van der Waals surface area (Å²) in [6, 6.07) is 13.7. The van der Waals surface area contributed by atoms with Crippen LogP contribution in [0.5, 0.6) is 0 Å². The maximum atomic E-state index is 13.2. The summed E-state index contributed by atoms with van der Waals surface area (Å²) < 4.78 is 13.2. The van der Waals surface area contributed by atoms with E-state index in [-0.39, 0.29) is 23.2 Å². The molecule has 4 nitrogen and oxygen atoms in total. The molecule has 2 aromatic carbocycles. The van der Waals surface area contributed by atoms with Gasteiger partial charge in [-0.05, 0) is 85.1 Å². The lowest BCUT2D eigenvalue weighted by atomic mass is 9.69. The molecule has 2 aliphatic rings. The van der Waals surface area contributed by atoms with Crippen LogP contribution in [0.1, 0.15) is 44.2 Å². The lowest BCUT2D eigenvalue weighted by Gasteiger charge is -2.37. The van der Waals surface area contributed by atoms with Crippen molar-refractivity contribution >= 4 is 23.2 Å². The van der Waals surface area contributed by atoms with Crippen LogP contribution in [0.4, 0.5) is 10.1 Å². The number of rotatable bonds is 7. The molecule has 3 N–H and O–H groups in total. The Kier molecular flexibility index (Phi) is 6.68. The van der Waals surface area contributed by atoms with Crippen molar-refractivity contribution in [3.8, 4) is 0 Å². The Labute approximate surface area is 193 Å². The van der Waals surface area contributed by atoms with E-state index >= 15 is 0 Å². The van der Waals surface area contributed by atoms with Gasteiger partial charge in [0.1, 0.15) is 12.4 Å². The molecule has 1 saturated carbocycles. The highest BCUT2D eigenvalue weighted by molar-refractivity contribution is 6.30. The van der Waals surface area contributed by atoms with Crippen molar-refractivity contribution in [1.82, 2.24) is 5.32 Å². The van der Waals surface area contributed by atoms with E-state index in [1.807, 2.05) is 24.3 Å². The van der Waals surface area contributed by atoms with Gasteiger partial charge >= 0.3 is 0 Å². The van der Waals surface area contributed by atoms with Crippen LogP contribution in [0, 0.1) is 17.2 Å². The summed E-state index contributed by atoms with van der Waals surface area (Å²) in [5.41, 5.74) is 4.25. The van der Waals surface area contributed by atoms with Gasteiger partial charge in [-0.1, -0.05) is 42.3 Å². The number of nitrogens with one attached hydrogen (secondary N) is 2. The zero-order chi connectivity index (χ0) is 22.7. The van der Waals surface area contributed by atoms with Crippen LogP contribution in [0.25, 0.3) is 0 Å². The molecule has 4 rings (SSSR count). The van der Waals surface area contributed by atoms with E-state index in [0.717, 1.165) is 42.6 Å². The minimum absolute atomic E-state index is 0.00867. The van der Waals surface area contributed by atoms with Crippen molar-refractivity contribution in [3.05, 3.63) is 88.4 Å². The Bertz CT molecular complexity index is 1050. The van der Waals surface area contributed by atoms with Crippen LogP contribution < -0.4 is 10.6 Å². The van der Waals surface area contributed by atoms with Gasteiger partial charge in [0.15, 0.2) is 0 Å². The molecule has 0 heterocycles. The van der Waals surface area contributed by atoms with E-state index in [2.05, 4.69) is 29.7 Å². The summed E-state index contributed by atoms with van der Waals surface area (Å²) in [6.07, 6.45) is 8.11. The fourth-order valence-corrected chi connectivity index (χ4v) is 5.19. The first-order chi connectivity index (χ1) is 15.4. The first-order valence-corrected chi connectivity index (χ1v) is 11.3. The summed E-state index contributed by atoms with van der Waals surface area (Å²) >= 11 is 6.20. The number of carbonyl (C=O) groups is 1. The quantitative estimate of drug-likeness (QED) is 0.498. The zero-order valence-corrected chi connectivity index (χ0v) is 18.8. The lowest BCUT2D eigenvalue weighted by molar-refractivity contribution is -0.124. The third-order valence-corrected chi connectivity index (χ3v) is 7.09. The smallest absolute Gasteiger partial charge is 0.246 e. The molecule has 1 amide bonds. The van der Waals surface area contributed by atoms with Crippen LogP contribution in [-0.4, -0.2) is 17.6 Å². The van der Waals surface area contributed by atoms with Gasteiger partial charge in [0, 0.05) is 16.4 Å². The fraction of sp³-hybridized carbons (Fsp3) is 0.346. The molecule has 2 aliphatic carbocycles. The summed E-state index contributed by atoms with van der Waals surface area (Å²) in [6.45, 7) is 1.76. The highest BCUT2D eigenvalue weighted by Crippen LogP contribution is 2.54. The topological polar surface area (TPSA) is 61.4 Å². The number of fused-ring (bicyclic) bond motifs is 1. The van der Waals surface area contributed by atoms with Gasteiger partial charge in [0.2, 0.25) is 5.91 Å². The van der Waals surface area contributed by atoms with E-state index in [0.29, 0.717) is 10.9 Å². The van der Waals surface area contributed by atoms with Gasteiger partial charge < -0.3 is 15.7 Å².